The van der Waals surface area contributed by atoms with Crippen molar-refractivity contribution in [3.8, 4) is 0 Å². The van der Waals surface area contributed by atoms with Crippen molar-refractivity contribution in [1.29, 1.82) is 0 Å². The molecule has 0 N–H and O–H groups in total. The molecule has 0 aliphatic carbocycles. The minimum absolute atomic E-state index is 0.118. The number of unbranched alkanes of at least 4 members (excludes halogenated alkanes) is 12. The molecule has 0 aromatic rings. The smallest absolute Gasteiger partial charge is 0.306 e. The predicted octanol–water partition coefficient (Wildman–Crippen LogP) is 21.3. The molecule has 0 amide bonds. The lowest BCUT2D eigenvalue weighted by atomic mass is 10.1. The summed E-state index contributed by atoms with van der Waals surface area (Å²) >= 11 is 0. The highest BCUT2D eigenvalue weighted by atomic mass is 16.6. The average Bonchev–Trinajstić information content (AvgIpc) is 3.44. The van der Waals surface area contributed by atoms with E-state index in [9.17, 15) is 14.4 Å². The maximum atomic E-state index is 12.9. The Hall–Kier alpha value is -5.49. The highest BCUT2D eigenvalue weighted by molar-refractivity contribution is 5.71. The van der Waals surface area contributed by atoms with Gasteiger partial charge in [-0.3, -0.25) is 14.4 Å². The molecule has 1 atom stereocenters. The number of esters is 3. The zero-order valence-electron chi connectivity index (χ0n) is 49.6. The topological polar surface area (TPSA) is 78.9 Å². The lowest BCUT2D eigenvalue weighted by molar-refractivity contribution is -0.167. The van der Waals surface area contributed by atoms with E-state index in [2.05, 4.69) is 203 Å². The highest BCUT2D eigenvalue weighted by Gasteiger charge is 2.19. The standard InChI is InChI=1S/C72H110O6/c1-4-7-10-13-16-19-22-24-26-28-30-32-33-34-35-36-37-38-39-41-42-44-46-48-50-53-56-59-62-65-71(74)77-68-69(67-76-70(73)64-61-58-55-52-21-18-15-12-9-6-3)78-72(75)66-63-60-57-54-51-49-47-45-43-40-31-29-27-25-23-20-17-14-11-8-5-2/h7-8,10-12,15-17,19-20,24-27,30-32,34-35,37-38,40-42,45-48,51,54,69H,4-6,9,13-14,18,21-23,28-29,33,36,39,43-44,49-50,52-53,55-68H2,1-3H3/b10-7-,11-8-,15-12-,19-16-,20-17-,26-24-,27-25-,32-30-,35-34-,38-37-,40-31-,42-41-,47-45-,48-46-,54-51-. The van der Waals surface area contributed by atoms with E-state index >= 15 is 0 Å². The average molecular weight is 1070 g/mol. The van der Waals surface area contributed by atoms with E-state index in [4.69, 9.17) is 14.2 Å². The van der Waals surface area contributed by atoms with Gasteiger partial charge in [0.25, 0.3) is 0 Å². The van der Waals surface area contributed by atoms with Gasteiger partial charge in [-0.2, -0.15) is 0 Å². The van der Waals surface area contributed by atoms with Crippen molar-refractivity contribution in [2.24, 2.45) is 0 Å². The summed E-state index contributed by atoms with van der Waals surface area (Å²) in [6.07, 6.45) is 96.1. The molecule has 78 heavy (non-hydrogen) atoms. The Morgan fingerprint density at radius 2 is 0.500 bits per heavy atom. The number of allylic oxidation sites excluding steroid dienone is 30. The Morgan fingerprint density at radius 3 is 0.821 bits per heavy atom. The monoisotopic (exact) mass is 1070 g/mol. The molecule has 0 rings (SSSR count). The predicted molar refractivity (Wildman–Crippen MR) is 338 cm³/mol. The first-order chi connectivity index (χ1) is 38.5. The van der Waals surface area contributed by atoms with Gasteiger partial charge >= 0.3 is 17.9 Å². The molecule has 6 heteroatoms. The molecule has 6 nitrogen and oxygen atoms in total. The Balaban J connectivity index is 4.44. The molecule has 0 fully saturated rings. The summed E-state index contributed by atoms with van der Waals surface area (Å²) in [6.45, 7) is 6.26. The van der Waals surface area contributed by atoms with Crippen molar-refractivity contribution in [2.45, 2.75) is 239 Å². The summed E-state index contributed by atoms with van der Waals surface area (Å²) in [6, 6.07) is 0. The third-order valence-corrected chi connectivity index (χ3v) is 12.1. The van der Waals surface area contributed by atoms with Gasteiger partial charge in [-0.05, 0) is 154 Å². The van der Waals surface area contributed by atoms with E-state index in [1.807, 2.05) is 0 Å². The van der Waals surface area contributed by atoms with Crippen LogP contribution in [-0.2, 0) is 28.6 Å². The lowest BCUT2D eigenvalue weighted by Gasteiger charge is -2.18. The number of hydrogen-bond donors (Lipinski definition) is 0. The molecule has 1 unspecified atom stereocenters. The van der Waals surface area contributed by atoms with Crippen LogP contribution in [0.2, 0.25) is 0 Å². The van der Waals surface area contributed by atoms with Gasteiger partial charge in [-0.1, -0.05) is 242 Å². The Morgan fingerprint density at radius 1 is 0.269 bits per heavy atom. The van der Waals surface area contributed by atoms with Crippen LogP contribution < -0.4 is 0 Å². The van der Waals surface area contributed by atoms with Crippen LogP contribution in [-0.4, -0.2) is 37.2 Å². The molecule has 0 radical (unpaired) electrons. The first-order valence-corrected chi connectivity index (χ1v) is 30.8. The molecule has 434 valence electrons. The molecular weight excluding hydrogens is 961 g/mol. The number of carbonyl (C=O) groups excluding carboxylic acids is 3. The molecule has 0 saturated carbocycles. The maximum absolute atomic E-state index is 12.9. The van der Waals surface area contributed by atoms with Crippen LogP contribution in [0.3, 0.4) is 0 Å². The zero-order chi connectivity index (χ0) is 56.4. The minimum Gasteiger partial charge on any atom is -0.462 e. The van der Waals surface area contributed by atoms with Crippen molar-refractivity contribution in [3.05, 3.63) is 182 Å². The Bertz CT molecular complexity index is 1850. The molecule has 0 aromatic carbocycles. The third-order valence-electron chi connectivity index (χ3n) is 12.1. The SMILES string of the molecule is CC/C=C\C/C=C\C/C=C\C/C=C\C/C=C\C/C=C\C/C=C\C/C=C\CCCCCCC(=O)OCC(COC(=O)CCCCCCC/C=C\CCC)OC(=O)CCCC/C=C\C/C=C\C/C=C\C/C=C\C/C=C\C/C=C\CC. The van der Waals surface area contributed by atoms with Gasteiger partial charge in [0.15, 0.2) is 6.10 Å². The van der Waals surface area contributed by atoms with Gasteiger partial charge in [0.05, 0.1) is 0 Å². The van der Waals surface area contributed by atoms with Crippen LogP contribution in [0.1, 0.15) is 233 Å². The second-order valence-electron chi connectivity index (χ2n) is 19.5. The van der Waals surface area contributed by atoms with E-state index in [-0.39, 0.29) is 37.5 Å². The number of hydrogen-bond acceptors (Lipinski definition) is 6. The summed E-state index contributed by atoms with van der Waals surface area (Å²) in [5, 5.41) is 0. The van der Waals surface area contributed by atoms with Crippen LogP contribution in [0.4, 0.5) is 0 Å². The molecular formula is C72H110O6. The van der Waals surface area contributed by atoms with Crippen molar-refractivity contribution in [3.63, 3.8) is 0 Å². The molecule has 0 bridgehead atoms. The molecule has 0 heterocycles. The highest BCUT2D eigenvalue weighted by Crippen LogP contribution is 2.12. The molecule has 0 saturated heterocycles. The molecule has 0 spiro atoms. The minimum atomic E-state index is -0.826. The fourth-order valence-corrected chi connectivity index (χ4v) is 7.58. The summed E-state index contributed by atoms with van der Waals surface area (Å²) < 4.78 is 16.8. The molecule has 0 aromatic heterocycles. The first kappa shape index (κ1) is 72.5. The molecule has 0 aliphatic rings. The fourth-order valence-electron chi connectivity index (χ4n) is 7.58. The van der Waals surface area contributed by atoms with Crippen molar-refractivity contribution >= 4 is 17.9 Å². The van der Waals surface area contributed by atoms with Gasteiger partial charge in [0, 0.05) is 19.3 Å². The van der Waals surface area contributed by atoms with E-state index < -0.39 is 6.10 Å². The second-order valence-corrected chi connectivity index (χ2v) is 19.5. The summed E-state index contributed by atoms with van der Waals surface area (Å²) in [7, 11) is 0. The van der Waals surface area contributed by atoms with Crippen molar-refractivity contribution < 1.29 is 28.6 Å². The van der Waals surface area contributed by atoms with Crippen LogP contribution >= 0.6 is 0 Å². The summed E-state index contributed by atoms with van der Waals surface area (Å²) in [5.74, 6) is -1.01. The van der Waals surface area contributed by atoms with Crippen LogP contribution in [0, 0.1) is 0 Å². The number of ether oxygens (including phenoxy) is 3. The first-order valence-electron chi connectivity index (χ1n) is 30.8. The van der Waals surface area contributed by atoms with E-state index in [1.165, 1.54) is 12.8 Å². The third kappa shape index (κ3) is 61.4. The van der Waals surface area contributed by atoms with Gasteiger partial charge in [-0.25, -0.2) is 0 Å². The van der Waals surface area contributed by atoms with Crippen LogP contribution in [0.15, 0.2) is 182 Å². The quantitative estimate of drug-likeness (QED) is 0.0261. The lowest BCUT2D eigenvalue weighted by Crippen LogP contribution is -2.30. The van der Waals surface area contributed by atoms with Crippen LogP contribution in [0.25, 0.3) is 0 Å². The Kier molecular flexibility index (Phi) is 59.5. The van der Waals surface area contributed by atoms with E-state index in [1.54, 1.807) is 0 Å². The normalized spacial score (nSPS) is 13.4. The fraction of sp³-hybridized carbons (Fsp3) is 0.542. The largest absolute Gasteiger partial charge is 0.462 e. The summed E-state index contributed by atoms with van der Waals surface area (Å²) in [4.78, 5) is 38.2. The number of rotatable bonds is 53. The van der Waals surface area contributed by atoms with Gasteiger partial charge in [-0.15, -0.1) is 0 Å². The van der Waals surface area contributed by atoms with Crippen LogP contribution in [0.5, 0.6) is 0 Å². The van der Waals surface area contributed by atoms with Crippen molar-refractivity contribution in [2.75, 3.05) is 13.2 Å². The zero-order valence-corrected chi connectivity index (χ0v) is 49.6. The van der Waals surface area contributed by atoms with Crippen molar-refractivity contribution in [1.82, 2.24) is 0 Å². The van der Waals surface area contributed by atoms with Gasteiger partial charge in [0.1, 0.15) is 13.2 Å². The van der Waals surface area contributed by atoms with Gasteiger partial charge < -0.3 is 14.2 Å². The Labute approximate surface area is 478 Å². The van der Waals surface area contributed by atoms with E-state index in [0.717, 1.165) is 173 Å². The van der Waals surface area contributed by atoms with Gasteiger partial charge in [0.2, 0.25) is 0 Å². The summed E-state index contributed by atoms with van der Waals surface area (Å²) in [5.41, 5.74) is 0. The maximum Gasteiger partial charge on any atom is 0.306 e. The second kappa shape index (κ2) is 64.0. The number of carbonyl (C=O) groups is 3. The molecule has 0 aliphatic heterocycles. The van der Waals surface area contributed by atoms with E-state index in [0.29, 0.717) is 19.3 Å².